The summed E-state index contributed by atoms with van der Waals surface area (Å²) in [4.78, 5) is 0.521. The summed E-state index contributed by atoms with van der Waals surface area (Å²) in [7, 11) is -1.13. The van der Waals surface area contributed by atoms with Crippen LogP contribution in [-0.4, -0.2) is 30.1 Å². The molecule has 1 atom stereocenters. The second-order valence-electron chi connectivity index (χ2n) is 3.85. The van der Waals surface area contributed by atoms with Gasteiger partial charge in [-0.05, 0) is 18.1 Å². The van der Waals surface area contributed by atoms with E-state index in [0.717, 1.165) is 12.8 Å². The summed E-state index contributed by atoms with van der Waals surface area (Å²) >= 11 is 1.21. The fourth-order valence-electron chi connectivity index (χ4n) is 1.53. The van der Waals surface area contributed by atoms with Crippen LogP contribution in [0.3, 0.4) is 0 Å². The SMILES string of the molecule is N#Cc1c(-c2nn[nH]n2)sc(S(=O)C2CC2)c1N. The molecule has 9 heteroatoms. The van der Waals surface area contributed by atoms with Gasteiger partial charge in [0.15, 0.2) is 0 Å². The van der Waals surface area contributed by atoms with Gasteiger partial charge in [-0.3, -0.25) is 4.21 Å². The lowest BCUT2D eigenvalue weighted by atomic mass is 10.2. The number of nitrogens with one attached hydrogen (secondary N) is 1. The highest BCUT2D eigenvalue weighted by atomic mass is 32.2. The van der Waals surface area contributed by atoms with Crippen LogP contribution in [0.2, 0.25) is 0 Å². The van der Waals surface area contributed by atoms with E-state index in [1.54, 1.807) is 0 Å². The lowest BCUT2D eigenvalue weighted by molar-refractivity contribution is 0.684. The molecule has 1 unspecified atom stereocenters. The van der Waals surface area contributed by atoms with Gasteiger partial charge in [0.25, 0.3) is 0 Å². The van der Waals surface area contributed by atoms with Crippen LogP contribution in [0, 0.1) is 11.3 Å². The molecule has 0 spiro atoms. The third kappa shape index (κ3) is 1.70. The first-order valence-electron chi connectivity index (χ1n) is 5.19. The van der Waals surface area contributed by atoms with Crippen LogP contribution in [0.25, 0.3) is 10.7 Å². The molecule has 0 radical (unpaired) electrons. The minimum Gasteiger partial charge on any atom is -0.396 e. The first-order chi connectivity index (χ1) is 8.72. The van der Waals surface area contributed by atoms with E-state index in [1.165, 1.54) is 11.3 Å². The lowest BCUT2D eigenvalue weighted by Gasteiger charge is -1.96. The Morgan fingerprint density at radius 3 is 2.89 bits per heavy atom. The van der Waals surface area contributed by atoms with Crippen molar-refractivity contribution in [2.75, 3.05) is 5.73 Å². The molecule has 1 fully saturated rings. The number of nitrogen functional groups attached to an aromatic ring is 1. The summed E-state index contributed by atoms with van der Waals surface area (Å²) in [5.74, 6) is 0.308. The van der Waals surface area contributed by atoms with Gasteiger partial charge >= 0.3 is 0 Å². The Balaban J connectivity index is 2.13. The Labute approximate surface area is 108 Å². The molecule has 0 aliphatic heterocycles. The monoisotopic (exact) mass is 280 g/mol. The van der Waals surface area contributed by atoms with E-state index >= 15 is 0 Å². The molecule has 92 valence electrons. The first-order valence-corrected chi connectivity index (χ1v) is 7.22. The number of hydrogen-bond donors (Lipinski definition) is 2. The number of thiophene rings is 1. The molecule has 18 heavy (non-hydrogen) atoms. The largest absolute Gasteiger partial charge is 0.396 e. The smallest absolute Gasteiger partial charge is 0.216 e. The van der Waals surface area contributed by atoms with Gasteiger partial charge in [0.05, 0.1) is 26.9 Å². The van der Waals surface area contributed by atoms with Crippen molar-refractivity contribution in [2.24, 2.45) is 0 Å². The molecule has 3 N–H and O–H groups in total. The third-order valence-electron chi connectivity index (χ3n) is 2.58. The maximum Gasteiger partial charge on any atom is 0.216 e. The fourth-order valence-corrected chi connectivity index (χ4v) is 4.54. The zero-order chi connectivity index (χ0) is 12.7. The Kier molecular flexibility index (Phi) is 2.61. The van der Waals surface area contributed by atoms with Gasteiger partial charge in [0.2, 0.25) is 5.82 Å². The Morgan fingerprint density at radius 2 is 2.33 bits per heavy atom. The minimum atomic E-state index is -1.13. The van der Waals surface area contributed by atoms with Gasteiger partial charge < -0.3 is 5.73 Å². The summed E-state index contributed by atoms with van der Waals surface area (Å²) in [5, 5.41) is 22.7. The van der Waals surface area contributed by atoms with Crippen molar-refractivity contribution in [3.8, 4) is 16.8 Å². The normalized spacial score (nSPS) is 16.4. The van der Waals surface area contributed by atoms with Crippen LogP contribution in [0.4, 0.5) is 5.69 Å². The standard InChI is InChI=1S/C9H8N6OS2/c10-3-5-6(11)9(18(16)4-1-2-4)17-7(5)8-12-14-15-13-8/h4H,1-2,11H2,(H,12,13,14,15). The van der Waals surface area contributed by atoms with Gasteiger partial charge in [0, 0.05) is 5.25 Å². The molecule has 1 aliphatic carbocycles. The van der Waals surface area contributed by atoms with Crippen molar-refractivity contribution < 1.29 is 4.21 Å². The second-order valence-corrected chi connectivity index (χ2v) is 6.80. The molecule has 2 aromatic heterocycles. The number of hydrogen-bond acceptors (Lipinski definition) is 7. The van der Waals surface area contributed by atoms with Crippen LogP contribution >= 0.6 is 11.3 Å². The molecular weight excluding hydrogens is 272 g/mol. The van der Waals surface area contributed by atoms with Crippen LogP contribution in [0.5, 0.6) is 0 Å². The van der Waals surface area contributed by atoms with Gasteiger partial charge in [-0.1, -0.05) is 0 Å². The number of nitrogens with zero attached hydrogens (tertiary/aromatic N) is 4. The number of nitriles is 1. The number of aromatic amines is 1. The third-order valence-corrected chi connectivity index (χ3v) is 5.98. The quantitative estimate of drug-likeness (QED) is 0.851. The lowest BCUT2D eigenvalue weighted by Crippen LogP contribution is -1.99. The highest BCUT2D eigenvalue weighted by Crippen LogP contribution is 2.42. The summed E-state index contributed by atoms with van der Waals surface area (Å²) in [6.45, 7) is 0. The Morgan fingerprint density at radius 1 is 1.56 bits per heavy atom. The topological polar surface area (TPSA) is 121 Å². The fraction of sp³-hybridized carbons (Fsp3) is 0.333. The summed E-state index contributed by atoms with van der Waals surface area (Å²) in [5.41, 5.74) is 6.46. The molecule has 2 heterocycles. The van der Waals surface area contributed by atoms with E-state index < -0.39 is 10.8 Å². The molecule has 3 rings (SSSR count). The van der Waals surface area contributed by atoms with Crippen molar-refractivity contribution in [1.82, 2.24) is 20.6 Å². The van der Waals surface area contributed by atoms with Crippen LogP contribution in [-0.2, 0) is 10.8 Å². The van der Waals surface area contributed by atoms with Crippen molar-refractivity contribution in [2.45, 2.75) is 22.3 Å². The Bertz CT molecular complexity index is 651. The van der Waals surface area contributed by atoms with Crippen molar-refractivity contribution >= 4 is 27.8 Å². The zero-order valence-electron chi connectivity index (χ0n) is 9.08. The predicted molar refractivity (Wildman–Crippen MR) is 66.0 cm³/mol. The molecule has 0 bridgehead atoms. The summed E-state index contributed by atoms with van der Waals surface area (Å²) in [6.07, 6.45) is 1.90. The van der Waals surface area contributed by atoms with Crippen molar-refractivity contribution in [3.05, 3.63) is 5.56 Å². The predicted octanol–water partition coefficient (Wildman–Crippen LogP) is 0.652. The summed E-state index contributed by atoms with van der Waals surface area (Å²) in [6, 6.07) is 2.02. The van der Waals surface area contributed by atoms with Gasteiger partial charge in [-0.2, -0.15) is 10.5 Å². The molecule has 0 saturated heterocycles. The molecule has 2 aromatic rings. The number of aromatic nitrogens is 4. The average Bonchev–Trinajstić information content (AvgIpc) is 2.97. The molecule has 1 saturated carbocycles. The molecule has 1 aliphatic rings. The van der Waals surface area contributed by atoms with E-state index in [2.05, 4.69) is 20.6 Å². The van der Waals surface area contributed by atoms with Gasteiger partial charge in [-0.25, -0.2) is 0 Å². The number of nitrogens with two attached hydrogens (primary N) is 1. The minimum absolute atomic E-state index is 0.176. The molecule has 7 nitrogen and oxygen atoms in total. The number of rotatable bonds is 3. The first kappa shape index (κ1) is 11.3. The van der Waals surface area contributed by atoms with Crippen LogP contribution < -0.4 is 5.73 Å². The van der Waals surface area contributed by atoms with Crippen molar-refractivity contribution in [3.63, 3.8) is 0 Å². The van der Waals surface area contributed by atoms with E-state index in [9.17, 15) is 4.21 Å². The number of tetrazole rings is 1. The van der Waals surface area contributed by atoms with Crippen LogP contribution in [0.1, 0.15) is 18.4 Å². The maximum absolute atomic E-state index is 12.1. The van der Waals surface area contributed by atoms with E-state index in [1.807, 2.05) is 6.07 Å². The average molecular weight is 280 g/mol. The Hall–Kier alpha value is -1.79. The number of H-pyrrole nitrogens is 1. The summed E-state index contributed by atoms with van der Waals surface area (Å²) < 4.78 is 12.7. The van der Waals surface area contributed by atoms with Gasteiger partial charge in [-0.15, -0.1) is 21.5 Å². The zero-order valence-corrected chi connectivity index (χ0v) is 10.7. The highest BCUT2D eigenvalue weighted by Gasteiger charge is 2.33. The van der Waals surface area contributed by atoms with Gasteiger partial charge in [0.1, 0.15) is 10.3 Å². The van der Waals surface area contributed by atoms with E-state index in [-0.39, 0.29) is 16.5 Å². The van der Waals surface area contributed by atoms with Crippen LogP contribution in [0.15, 0.2) is 4.21 Å². The molecular formula is C9H8N6OS2. The van der Waals surface area contributed by atoms with E-state index in [4.69, 9.17) is 11.0 Å². The molecule has 0 aromatic carbocycles. The van der Waals surface area contributed by atoms with E-state index in [0.29, 0.717) is 14.9 Å². The van der Waals surface area contributed by atoms with Crippen molar-refractivity contribution in [1.29, 1.82) is 5.26 Å². The molecule has 0 amide bonds. The maximum atomic E-state index is 12.1. The highest BCUT2D eigenvalue weighted by molar-refractivity contribution is 7.88. The second kappa shape index (κ2) is 4.15. The number of anilines is 1.